The number of aliphatic hydroxyl groups is 1. The van der Waals surface area contributed by atoms with Gasteiger partial charge in [-0.25, -0.2) is 0 Å². The van der Waals surface area contributed by atoms with Gasteiger partial charge in [0, 0.05) is 6.61 Å². The molecule has 0 bridgehead atoms. The lowest BCUT2D eigenvalue weighted by atomic mass is 10.0. The molecule has 0 aliphatic carbocycles. The Bertz CT molecular complexity index is 477. The lowest BCUT2D eigenvalue weighted by Crippen LogP contribution is -1.94. The third-order valence-corrected chi connectivity index (χ3v) is 2.64. The Morgan fingerprint density at radius 2 is 2.06 bits per heavy atom. The number of ether oxygens (including phenoxy) is 1. The van der Waals surface area contributed by atoms with Crippen molar-refractivity contribution in [1.82, 2.24) is 0 Å². The number of hydrogen-bond acceptors (Lipinski definition) is 2. The van der Waals surface area contributed by atoms with E-state index in [0.717, 1.165) is 5.75 Å². The average molecular weight is 216 g/mol. The molecule has 16 heavy (non-hydrogen) atoms. The first kappa shape index (κ1) is 11.0. The topological polar surface area (TPSA) is 29.5 Å². The molecule has 0 heterocycles. The first-order valence-corrected chi connectivity index (χ1v) is 5.60. The molecule has 0 radical (unpaired) electrons. The Labute approximate surface area is 95.5 Å². The van der Waals surface area contributed by atoms with Gasteiger partial charge in [-0.3, -0.25) is 0 Å². The highest BCUT2D eigenvalue weighted by Gasteiger charge is 2.02. The molecule has 0 fully saturated rings. The molecule has 2 aromatic rings. The van der Waals surface area contributed by atoms with Crippen molar-refractivity contribution in [1.29, 1.82) is 0 Å². The van der Waals surface area contributed by atoms with Crippen LogP contribution in [0.25, 0.3) is 10.8 Å². The van der Waals surface area contributed by atoms with Crippen molar-refractivity contribution in [3.63, 3.8) is 0 Å². The van der Waals surface area contributed by atoms with Crippen molar-refractivity contribution in [2.75, 3.05) is 13.2 Å². The van der Waals surface area contributed by atoms with Crippen LogP contribution in [-0.2, 0) is 6.42 Å². The predicted molar refractivity (Wildman–Crippen MR) is 65.9 cm³/mol. The highest BCUT2D eigenvalue weighted by Crippen LogP contribution is 2.24. The maximum atomic E-state index is 9.02. The monoisotopic (exact) mass is 216 g/mol. The van der Waals surface area contributed by atoms with Crippen molar-refractivity contribution in [2.45, 2.75) is 13.3 Å². The van der Waals surface area contributed by atoms with Gasteiger partial charge in [-0.2, -0.15) is 0 Å². The Kier molecular flexibility index (Phi) is 3.42. The van der Waals surface area contributed by atoms with Crippen LogP contribution in [0.2, 0.25) is 0 Å². The van der Waals surface area contributed by atoms with Crippen LogP contribution in [0.4, 0.5) is 0 Å². The van der Waals surface area contributed by atoms with E-state index in [1.54, 1.807) is 0 Å². The van der Waals surface area contributed by atoms with Crippen molar-refractivity contribution in [2.24, 2.45) is 0 Å². The molecule has 2 heteroatoms. The fourth-order valence-corrected chi connectivity index (χ4v) is 1.91. The standard InChI is InChI=1S/C14H16O2/c1-2-16-13-7-6-11-4-3-5-12(8-9-15)14(11)10-13/h3-7,10,15H,2,8-9H2,1H3. The van der Waals surface area contributed by atoms with Crippen LogP contribution >= 0.6 is 0 Å². The maximum Gasteiger partial charge on any atom is 0.119 e. The summed E-state index contributed by atoms with van der Waals surface area (Å²) in [6, 6.07) is 12.2. The summed E-state index contributed by atoms with van der Waals surface area (Å²) in [6.07, 6.45) is 0.687. The van der Waals surface area contributed by atoms with Crippen LogP contribution in [0.3, 0.4) is 0 Å². The minimum atomic E-state index is 0.179. The summed E-state index contributed by atoms with van der Waals surface area (Å²) in [4.78, 5) is 0. The lowest BCUT2D eigenvalue weighted by Gasteiger charge is -2.08. The molecule has 2 aromatic carbocycles. The molecule has 2 rings (SSSR count). The summed E-state index contributed by atoms with van der Waals surface area (Å²) in [5, 5.41) is 11.4. The third-order valence-electron chi connectivity index (χ3n) is 2.64. The Morgan fingerprint density at radius 1 is 1.19 bits per heavy atom. The van der Waals surface area contributed by atoms with Crippen LogP contribution in [0.5, 0.6) is 5.75 Å². The zero-order valence-corrected chi connectivity index (χ0v) is 9.44. The van der Waals surface area contributed by atoms with E-state index in [0.29, 0.717) is 13.0 Å². The molecule has 0 saturated carbocycles. The van der Waals surface area contributed by atoms with Gasteiger partial charge in [0.15, 0.2) is 0 Å². The van der Waals surface area contributed by atoms with Crippen molar-refractivity contribution < 1.29 is 9.84 Å². The summed E-state index contributed by atoms with van der Waals surface area (Å²) in [5.74, 6) is 0.889. The zero-order valence-electron chi connectivity index (χ0n) is 9.44. The number of hydrogen-bond donors (Lipinski definition) is 1. The van der Waals surface area contributed by atoms with E-state index in [1.807, 2.05) is 31.2 Å². The number of aliphatic hydroxyl groups excluding tert-OH is 1. The molecule has 0 saturated heterocycles. The summed E-state index contributed by atoms with van der Waals surface area (Å²) in [6.45, 7) is 2.83. The summed E-state index contributed by atoms with van der Waals surface area (Å²) in [5.41, 5.74) is 1.17. The second-order valence-corrected chi connectivity index (χ2v) is 3.71. The van der Waals surface area contributed by atoms with E-state index in [9.17, 15) is 0 Å². The van der Waals surface area contributed by atoms with Crippen LogP contribution in [0.15, 0.2) is 36.4 Å². The van der Waals surface area contributed by atoms with Crippen LogP contribution < -0.4 is 4.74 Å². The molecule has 0 spiro atoms. The summed E-state index contributed by atoms with van der Waals surface area (Å²) >= 11 is 0. The van der Waals surface area contributed by atoms with Gasteiger partial charge in [0.2, 0.25) is 0 Å². The largest absolute Gasteiger partial charge is 0.494 e. The molecule has 0 amide bonds. The zero-order chi connectivity index (χ0) is 11.4. The molecular weight excluding hydrogens is 200 g/mol. The van der Waals surface area contributed by atoms with Gasteiger partial charge in [-0.15, -0.1) is 0 Å². The molecule has 2 nitrogen and oxygen atoms in total. The van der Waals surface area contributed by atoms with Crippen molar-refractivity contribution in [3.05, 3.63) is 42.0 Å². The Balaban J connectivity index is 2.50. The summed E-state index contributed by atoms with van der Waals surface area (Å²) < 4.78 is 5.48. The van der Waals surface area contributed by atoms with Crippen molar-refractivity contribution in [3.8, 4) is 5.75 Å². The normalized spacial score (nSPS) is 10.6. The van der Waals surface area contributed by atoms with E-state index in [2.05, 4.69) is 12.1 Å². The van der Waals surface area contributed by atoms with Crippen LogP contribution in [0, 0.1) is 0 Å². The smallest absolute Gasteiger partial charge is 0.119 e. The van der Waals surface area contributed by atoms with Gasteiger partial charge in [0.1, 0.15) is 5.75 Å². The van der Waals surface area contributed by atoms with Gasteiger partial charge < -0.3 is 9.84 Å². The van der Waals surface area contributed by atoms with Gasteiger partial charge in [0.05, 0.1) is 6.61 Å². The number of rotatable bonds is 4. The average Bonchev–Trinajstić information content (AvgIpc) is 2.31. The van der Waals surface area contributed by atoms with Crippen LogP contribution in [-0.4, -0.2) is 18.3 Å². The fraction of sp³-hybridized carbons (Fsp3) is 0.286. The van der Waals surface area contributed by atoms with E-state index >= 15 is 0 Å². The van der Waals surface area contributed by atoms with Gasteiger partial charge in [-0.1, -0.05) is 24.3 Å². The highest BCUT2D eigenvalue weighted by atomic mass is 16.5. The quantitative estimate of drug-likeness (QED) is 0.851. The molecule has 0 aliphatic heterocycles. The second-order valence-electron chi connectivity index (χ2n) is 3.71. The van der Waals surface area contributed by atoms with Gasteiger partial charge in [0.25, 0.3) is 0 Å². The lowest BCUT2D eigenvalue weighted by molar-refractivity contribution is 0.300. The van der Waals surface area contributed by atoms with E-state index in [-0.39, 0.29) is 6.61 Å². The molecule has 0 aliphatic rings. The molecule has 1 N–H and O–H groups in total. The first-order valence-electron chi connectivity index (χ1n) is 5.60. The Hall–Kier alpha value is -1.54. The molecular formula is C14H16O2. The second kappa shape index (κ2) is 4.99. The maximum absolute atomic E-state index is 9.02. The highest BCUT2D eigenvalue weighted by molar-refractivity contribution is 5.87. The summed E-state index contributed by atoms with van der Waals surface area (Å²) in [7, 11) is 0. The molecule has 0 unspecified atom stereocenters. The molecule has 0 aromatic heterocycles. The first-order chi connectivity index (χ1) is 7.85. The number of fused-ring (bicyclic) bond motifs is 1. The van der Waals surface area contributed by atoms with Gasteiger partial charge in [-0.05, 0) is 41.8 Å². The minimum absolute atomic E-state index is 0.179. The molecule has 0 atom stereocenters. The predicted octanol–water partition coefficient (Wildman–Crippen LogP) is 2.77. The number of benzene rings is 2. The third kappa shape index (κ3) is 2.17. The SMILES string of the molecule is CCOc1ccc2cccc(CCO)c2c1. The van der Waals surface area contributed by atoms with E-state index in [4.69, 9.17) is 9.84 Å². The van der Waals surface area contributed by atoms with Crippen LogP contribution in [0.1, 0.15) is 12.5 Å². The fourth-order valence-electron chi connectivity index (χ4n) is 1.91. The minimum Gasteiger partial charge on any atom is -0.494 e. The Morgan fingerprint density at radius 3 is 2.81 bits per heavy atom. The molecule has 84 valence electrons. The van der Waals surface area contributed by atoms with E-state index < -0.39 is 0 Å². The van der Waals surface area contributed by atoms with Crippen molar-refractivity contribution >= 4 is 10.8 Å². The van der Waals surface area contributed by atoms with E-state index in [1.165, 1.54) is 16.3 Å². The van der Waals surface area contributed by atoms with Gasteiger partial charge >= 0.3 is 0 Å².